The van der Waals surface area contributed by atoms with Gasteiger partial charge in [-0.3, -0.25) is 24.2 Å². The molecule has 11 N–H and O–H groups in total. The summed E-state index contributed by atoms with van der Waals surface area (Å²) in [6.07, 6.45) is 3.67. The number of guanidine groups is 1. The molecule has 0 aromatic heterocycles. The van der Waals surface area contributed by atoms with Gasteiger partial charge in [-0.2, -0.15) is 23.5 Å². The standard InChI is InChI=1S/C20H37N7O7S2/c1-35-8-5-11(21)16(30)27-14(10-15(28)29)18(32)25-12(6-9-36-2)17(31)26-13(19(33)34)4-3-7-24-20(22)23/h11-14H,3-10,21H2,1-2H3,(H,25,32)(H,26,31)(H,27,30)(H,28,29)(H,33,34)(H4,22,23,24). The monoisotopic (exact) mass is 551 g/mol. The van der Waals surface area contributed by atoms with Crippen molar-refractivity contribution in [2.24, 2.45) is 22.2 Å². The van der Waals surface area contributed by atoms with Crippen LogP contribution in [0.4, 0.5) is 0 Å². The summed E-state index contributed by atoms with van der Waals surface area (Å²) < 4.78 is 0. The molecule has 0 saturated heterocycles. The highest BCUT2D eigenvalue weighted by Gasteiger charge is 2.31. The highest BCUT2D eigenvalue weighted by Crippen LogP contribution is 2.06. The lowest BCUT2D eigenvalue weighted by molar-refractivity contribution is -0.143. The summed E-state index contributed by atoms with van der Waals surface area (Å²) in [6, 6.07) is -4.84. The number of carbonyl (C=O) groups excluding carboxylic acids is 3. The van der Waals surface area contributed by atoms with E-state index < -0.39 is 60.2 Å². The Morgan fingerprint density at radius 1 is 0.806 bits per heavy atom. The first-order valence-corrected chi connectivity index (χ1v) is 13.9. The number of hydrogen-bond acceptors (Lipinski definition) is 9. The maximum atomic E-state index is 12.8. The number of aliphatic carboxylic acids is 2. The summed E-state index contributed by atoms with van der Waals surface area (Å²) in [4.78, 5) is 64.7. The van der Waals surface area contributed by atoms with E-state index in [1.165, 1.54) is 23.5 Å². The lowest BCUT2D eigenvalue weighted by Gasteiger charge is -2.24. The van der Waals surface area contributed by atoms with Crippen LogP contribution in [0, 0.1) is 0 Å². The van der Waals surface area contributed by atoms with Crippen molar-refractivity contribution in [3.63, 3.8) is 0 Å². The van der Waals surface area contributed by atoms with E-state index >= 15 is 0 Å². The van der Waals surface area contributed by atoms with Crippen LogP contribution in [0.1, 0.15) is 32.1 Å². The van der Waals surface area contributed by atoms with Gasteiger partial charge in [-0.1, -0.05) is 0 Å². The Hall–Kier alpha value is -2.72. The van der Waals surface area contributed by atoms with Crippen LogP contribution in [0.5, 0.6) is 0 Å². The van der Waals surface area contributed by atoms with Crippen molar-refractivity contribution in [3.8, 4) is 0 Å². The lowest BCUT2D eigenvalue weighted by Crippen LogP contribution is -2.57. The Morgan fingerprint density at radius 3 is 1.86 bits per heavy atom. The normalized spacial score (nSPS) is 14.0. The molecule has 0 spiro atoms. The van der Waals surface area contributed by atoms with Crippen molar-refractivity contribution in [2.75, 3.05) is 30.6 Å². The molecule has 4 unspecified atom stereocenters. The fourth-order valence-corrected chi connectivity index (χ4v) is 3.81. The maximum absolute atomic E-state index is 12.8. The van der Waals surface area contributed by atoms with Gasteiger partial charge in [-0.05, 0) is 49.7 Å². The van der Waals surface area contributed by atoms with Gasteiger partial charge in [0.1, 0.15) is 18.1 Å². The number of nitrogens with zero attached hydrogens (tertiary/aromatic N) is 1. The van der Waals surface area contributed by atoms with E-state index in [0.29, 0.717) is 17.9 Å². The molecule has 0 rings (SSSR count). The molecule has 206 valence electrons. The molecule has 0 aromatic rings. The van der Waals surface area contributed by atoms with Crippen LogP contribution in [0.3, 0.4) is 0 Å². The third-order valence-corrected chi connectivity index (χ3v) is 6.07. The Morgan fingerprint density at radius 2 is 1.33 bits per heavy atom. The van der Waals surface area contributed by atoms with Gasteiger partial charge < -0.3 is 43.4 Å². The van der Waals surface area contributed by atoms with Gasteiger partial charge in [0, 0.05) is 6.54 Å². The fourth-order valence-electron chi connectivity index (χ4n) is 2.85. The summed E-state index contributed by atoms with van der Waals surface area (Å²) in [6.45, 7) is 0.171. The average molecular weight is 552 g/mol. The quantitative estimate of drug-likeness (QED) is 0.0487. The van der Waals surface area contributed by atoms with Crippen molar-refractivity contribution < 1.29 is 34.2 Å². The molecule has 0 bridgehead atoms. The number of rotatable bonds is 19. The predicted molar refractivity (Wildman–Crippen MR) is 140 cm³/mol. The Kier molecular flexibility index (Phi) is 17.1. The second kappa shape index (κ2) is 18.5. The third kappa shape index (κ3) is 14.6. The fraction of sp³-hybridized carbons (Fsp3) is 0.700. The Bertz CT molecular complexity index is 782. The van der Waals surface area contributed by atoms with Gasteiger partial charge >= 0.3 is 11.9 Å². The van der Waals surface area contributed by atoms with Gasteiger partial charge in [0.15, 0.2) is 5.96 Å². The number of aliphatic imine (C=N–C) groups is 1. The lowest BCUT2D eigenvalue weighted by atomic mass is 10.1. The summed E-state index contributed by atoms with van der Waals surface area (Å²) in [5.41, 5.74) is 16.3. The number of nitrogens with one attached hydrogen (secondary N) is 3. The molecular formula is C20H37N7O7S2. The van der Waals surface area contributed by atoms with Crippen molar-refractivity contribution >= 4 is 59.1 Å². The number of thioether (sulfide) groups is 2. The zero-order chi connectivity index (χ0) is 27.7. The van der Waals surface area contributed by atoms with Crippen molar-refractivity contribution in [3.05, 3.63) is 0 Å². The largest absolute Gasteiger partial charge is 0.481 e. The number of hydrogen-bond donors (Lipinski definition) is 8. The molecule has 0 aliphatic heterocycles. The van der Waals surface area contributed by atoms with Crippen LogP contribution >= 0.6 is 23.5 Å². The molecule has 0 fully saturated rings. The topological polar surface area (TPSA) is 252 Å². The van der Waals surface area contributed by atoms with E-state index in [4.69, 9.17) is 17.2 Å². The van der Waals surface area contributed by atoms with E-state index in [2.05, 4.69) is 20.9 Å². The van der Waals surface area contributed by atoms with Gasteiger partial charge in [0.2, 0.25) is 17.7 Å². The number of amides is 3. The molecule has 0 radical (unpaired) electrons. The van der Waals surface area contributed by atoms with Crippen LogP contribution in [0.15, 0.2) is 4.99 Å². The minimum atomic E-state index is -1.48. The van der Waals surface area contributed by atoms with E-state index in [1.54, 1.807) is 6.26 Å². The van der Waals surface area contributed by atoms with Gasteiger partial charge in [0.05, 0.1) is 12.5 Å². The SMILES string of the molecule is CSCCC(N)C(=O)NC(CC(=O)O)C(=O)NC(CCSC)C(=O)NC(CCCN=C(N)N)C(=O)O. The van der Waals surface area contributed by atoms with Crippen LogP contribution in [0.2, 0.25) is 0 Å². The molecule has 3 amide bonds. The number of nitrogens with two attached hydrogens (primary N) is 3. The summed E-state index contributed by atoms with van der Waals surface area (Å²) in [7, 11) is 0. The van der Waals surface area contributed by atoms with E-state index in [-0.39, 0.29) is 31.8 Å². The third-order valence-electron chi connectivity index (χ3n) is 4.78. The molecule has 0 aromatic carbocycles. The van der Waals surface area contributed by atoms with Crippen LogP contribution < -0.4 is 33.2 Å². The molecule has 36 heavy (non-hydrogen) atoms. The van der Waals surface area contributed by atoms with Crippen molar-refractivity contribution in [1.82, 2.24) is 16.0 Å². The van der Waals surface area contributed by atoms with E-state index in [0.717, 1.165) is 0 Å². The number of carboxylic acids is 2. The molecule has 16 heteroatoms. The summed E-state index contributed by atoms with van der Waals surface area (Å²) >= 11 is 2.87. The smallest absolute Gasteiger partial charge is 0.326 e. The predicted octanol–water partition coefficient (Wildman–Crippen LogP) is -2.11. The maximum Gasteiger partial charge on any atom is 0.326 e. The highest BCUT2D eigenvalue weighted by molar-refractivity contribution is 7.98. The van der Waals surface area contributed by atoms with Gasteiger partial charge in [-0.25, -0.2) is 4.79 Å². The molecular weight excluding hydrogens is 514 g/mol. The van der Waals surface area contributed by atoms with E-state index in [9.17, 15) is 34.2 Å². The summed E-state index contributed by atoms with van der Waals surface area (Å²) in [5.74, 6) is -4.08. The Balaban J connectivity index is 5.41. The number of carboxylic acid groups (broad SMARTS) is 2. The number of carbonyl (C=O) groups is 5. The average Bonchev–Trinajstić information content (AvgIpc) is 2.80. The van der Waals surface area contributed by atoms with Crippen LogP contribution in [-0.4, -0.2) is 101 Å². The van der Waals surface area contributed by atoms with Crippen LogP contribution in [-0.2, 0) is 24.0 Å². The van der Waals surface area contributed by atoms with Crippen molar-refractivity contribution in [2.45, 2.75) is 56.3 Å². The first-order chi connectivity index (χ1) is 16.9. The van der Waals surface area contributed by atoms with Gasteiger partial charge in [0.25, 0.3) is 0 Å². The molecule has 0 aliphatic carbocycles. The van der Waals surface area contributed by atoms with E-state index in [1.807, 2.05) is 6.26 Å². The minimum Gasteiger partial charge on any atom is -0.481 e. The van der Waals surface area contributed by atoms with Crippen molar-refractivity contribution in [1.29, 1.82) is 0 Å². The molecule has 0 heterocycles. The molecule has 14 nitrogen and oxygen atoms in total. The zero-order valence-corrected chi connectivity index (χ0v) is 22.0. The zero-order valence-electron chi connectivity index (χ0n) is 20.4. The first-order valence-electron chi connectivity index (χ1n) is 11.1. The van der Waals surface area contributed by atoms with Crippen LogP contribution in [0.25, 0.3) is 0 Å². The summed E-state index contributed by atoms with van der Waals surface area (Å²) in [5, 5.41) is 25.8. The molecule has 0 saturated carbocycles. The second-order valence-electron chi connectivity index (χ2n) is 7.74. The highest BCUT2D eigenvalue weighted by atomic mass is 32.2. The Labute approximate surface area is 218 Å². The molecule has 4 atom stereocenters. The van der Waals surface area contributed by atoms with Gasteiger partial charge in [-0.15, -0.1) is 0 Å². The first kappa shape index (κ1) is 33.3. The minimum absolute atomic E-state index is 0.0344. The molecule has 0 aliphatic rings. The second-order valence-corrected chi connectivity index (χ2v) is 9.71.